The van der Waals surface area contributed by atoms with Gasteiger partial charge in [0.05, 0.1) is 5.75 Å². The van der Waals surface area contributed by atoms with E-state index in [1.165, 1.54) is 0 Å². The number of amides is 1. The van der Waals surface area contributed by atoms with Crippen LogP contribution in [0.5, 0.6) is 0 Å². The number of piperidine rings is 1. The Balaban J connectivity index is 1.97. The van der Waals surface area contributed by atoms with E-state index in [-0.39, 0.29) is 18.3 Å². The van der Waals surface area contributed by atoms with Crippen molar-refractivity contribution < 1.29 is 17.9 Å². The zero-order chi connectivity index (χ0) is 19.4. The van der Waals surface area contributed by atoms with Crippen molar-refractivity contribution in [2.75, 3.05) is 13.1 Å². The lowest BCUT2D eigenvalue weighted by atomic mass is 10.0. The average molecular weight is 403 g/mol. The SMILES string of the molecule is CC(C)(C)OC(=O)N1CCCCC1CNS(=O)(=O)Cc1cccc(Cl)c1. The molecule has 1 aliphatic rings. The maximum absolute atomic E-state index is 12.4. The van der Waals surface area contributed by atoms with Gasteiger partial charge in [-0.1, -0.05) is 23.7 Å². The van der Waals surface area contributed by atoms with E-state index in [9.17, 15) is 13.2 Å². The summed E-state index contributed by atoms with van der Waals surface area (Å²) in [6.07, 6.45) is 2.21. The molecule has 0 saturated carbocycles. The maximum atomic E-state index is 12.4. The number of sulfonamides is 1. The summed E-state index contributed by atoms with van der Waals surface area (Å²) in [5.41, 5.74) is 0.0446. The van der Waals surface area contributed by atoms with Crippen LogP contribution in [-0.2, 0) is 20.5 Å². The van der Waals surface area contributed by atoms with Crippen LogP contribution in [0.25, 0.3) is 0 Å². The Morgan fingerprint density at radius 2 is 2.08 bits per heavy atom. The molecule has 0 bridgehead atoms. The highest BCUT2D eigenvalue weighted by atomic mass is 35.5. The van der Waals surface area contributed by atoms with Gasteiger partial charge in [-0.2, -0.15) is 0 Å². The molecule has 8 heteroatoms. The second-order valence-corrected chi connectivity index (χ2v) is 9.80. The summed E-state index contributed by atoms with van der Waals surface area (Å²) in [6.45, 7) is 6.21. The number of carbonyl (C=O) groups is 1. The van der Waals surface area contributed by atoms with Crippen LogP contribution in [0, 0.1) is 0 Å². The summed E-state index contributed by atoms with van der Waals surface area (Å²) in [5.74, 6) is -0.146. The standard InChI is InChI=1S/C18H27ClN2O4S/c1-18(2,3)25-17(22)21-10-5-4-9-16(21)12-20-26(23,24)13-14-7-6-8-15(19)11-14/h6-8,11,16,20H,4-5,9-10,12-13H2,1-3H3. The van der Waals surface area contributed by atoms with E-state index in [1.54, 1.807) is 29.2 Å². The zero-order valence-electron chi connectivity index (χ0n) is 15.5. The van der Waals surface area contributed by atoms with Crippen LogP contribution in [0.15, 0.2) is 24.3 Å². The highest BCUT2D eigenvalue weighted by Crippen LogP contribution is 2.20. The molecule has 6 nitrogen and oxygen atoms in total. The molecule has 0 radical (unpaired) electrons. The van der Waals surface area contributed by atoms with Gasteiger partial charge in [0.15, 0.2) is 0 Å². The molecule has 1 saturated heterocycles. The molecule has 2 rings (SSSR count). The van der Waals surface area contributed by atoms with Crippen molar-refractivity contribution in [3.8, 4) is 0 Å². The minimum absolute atomic E-state index is 0.146. The summed E-state index contributed by atoms with van der Waals surface area (Å²) in [4.78, 5) is 14.0. The fourth-order valence-corrected chi connectivity index (χ4v) is 4.27. The summed E-state index contributed by atoms with van der Waals surface area (Å²) in [6, 6.07) is 6.57. The van der Waals surface area contributed by atoms with E-state index in [2.05, 4.69) is 4.72 Å². The second kappa shape index (κ2) is 8.59. The molecular formula is C18H27ClN2O4S. The zero-order valence-corrected chi connectivity index (χ0v) is 17.1. The third-order valence-electron chi connectivity index (χ3n) is 4.04. The lowest BCUT2D eigenvalue weighted by Crippen LogP contribution is -2.50. The summed E-state index contributed by atoms with van der Waals surface area (Å²) in [5, 5.41) is 0.501. The van der Waals surface area contributed by atoms with Crippen molar-refractivity contribution in [2.45, 2.75) is 57.4 Å². The molecule has 1 unspecified atom stereocenters. The van der Waals surface area contributed by atoms with Crippen LogP contribution in [0.3, 0.4) is 0 Å². The number of rotatable bonds is 5. The van der Waals surface area contributed by atoms with Gasteiger partial charge in [-0.3, -0.25) is 0 Å². The van der Waals surface area contributed by atoms with Crippen LogP contribution in [0.2, 0.25) is 5.02 Å². The number of hydrogen-bond donors (Lipinski definition) is 1. The quantitative estimate of drug-likeness (QED) is 0.817. The predicted octanol–water partition coefficient (Wildman–Crippen LogP) is 3.55. The Morgan fingerprint density at radius 3 is 2.73 bits per heavy atom. The average Bonchev–Trinajstić information content (AvgIpc) is 2.51. The molecule has 1 aromatic carbocycles. The highest BCUT2D eigenvalue weighted by Gasteiger charge is 2.31. The lowest BCUT2D eigenvalue weighted by molar-refractivity contribution is 0.0105. The number of halogens is 1. The number of hydrogen-bond acceptors (Lipinski definition) is 4. The van der Waals surface area contributed by atoms with Gasteiger partial charge in [0.25, 0.3) is 0 Å². The normalized spacial score (nSPS) is 18.6. The van der Waals surface area contributed by atoms with Gasteiger partial charge in [-0.25, -0.2) is 17.9 Å². The number of nitrogens with one attached hydrogen (secondary N) is 1. The van der Waals surface area contributed by atoms with Gasteiger partial charge in [-0.05, 0) is 57.7 Å². The molecule has 0 aliphatic carbocycles. The first-order chi connectivity index (χ1) is 12.1. The van der Waals surface area contributed by atoms with E-state index >= 15 is 0 Å². The van der Waals surface area contributed by atoms with E-state index < -0.39 is 21.7 Å². The summed E-state index contributed by atoms with van der Waals surface area (Å²) >= 11 is 5.91. The largest absolute Gasteiger partial charge is 0.444 e. The van der Waals surface area contributed by atoms with Gasteiger partial charge >= 0.3 is 6.09 Å². The van der Waals surface area contributed by atoms with Crippen LogP contribution in [-0.4, -0.2) is 44.1 Å². The Morgan fingerprint density at radius 1 is 1.35 bits per heavy atom. The van der Waals surface area contributed by atoms with Gasteiger partial charge < -0.3 is 9.64 Å². The topological polar surface area (TPSA) is 75.7 Å². The first kappa shape index (κ1) is 21.0. The number of ether oxygens (including phenoxy) is 1. The molecule has 1 aromatic rings. The van der Waals surface area contributed by atoms with Gasteiger partial charge in [0, 0.05) is 24.2 Å². The maximum Gasteiger partial charge on any atom is 0.410 e. The van der Waals surface area contributed by atoms with Crippen LogP contribution >= 0.6 is 11.6 Å². The van der Waals surface area contributed by atoms with Crippen LogP contribution in [0.4, 0.5) is 4.79 Å². The van der Waals surface area contributed by atoms with Crippen molar-refractivity contribution in [1.29, 1.82) is 0 Å². The van der Waals surface area contributed by atoms with Crippen molar-refractivity contribution >= 4 is 27.7 Å². The third-order valence-corrected chi connectivity index (χ3v) is 5.59. The van der Waals surface area contributed by atoms with Gasteiger partial charge in [-0.15, -0.1) is 0 Å². The van der Waals surface area contributed by atoms with Gasteiger partial charge in [0.2, 0.25) is 10.0 Å². The third kappa shape index (κ3) is 6.78. The van der Waals surface area contributed by atoms with Crippen LogP contribution < -0.4 is 4.72 Å². The molecule has 146 valence electrons. The van der Waals surface area contributed by atoms with Crippen molar-refractivity contribution in [1.82, 2.24) is 9.62 Å². The molecule has 1 aliphatic heterocycles. The van der Waals surface area contributed by atoms with E-state index in [0.29, 0.717) is 17.1 Å². The molecule has 26 heavy (non-hydrogen) atoms. The number of likely N-dealkylation sites (tertiary alicyclic amines) is 1. The smallest absolute Gasteiger partial charge is 0.410 e. The number of carbonyl (C=O) groups excluding carboxylic acids is 1. The highest BCUT2D eigenvalue weighted by molar-refractivity contribution is 7.88. The molecule has 0 spiro atoms. The second-order valence-electron chi connectivity index (χ2n) is 7.56. The van der Waals surface area contributed by atoms with E-state index in [1.807, 2.05) is 20.8 Å². The molecular weight excluding hydrogens is 376 g/mol. The Bertz CT molecular complexity index is 731. The Kier molecular flexibility index (Phi) is 6.93. The summed E-state index contributed by atoms with van der Waals surface area (Å²) in [7, 11) is -3.52. The summed E-state index contributed by atoms with van der Waals surface area (Å²) < 4.78 is 32.8. The molecule has 0 aromatic heterocycles. The first-order valence-corrected chi connectivity index (χ1v) is 10.8. The molecule has 1 heterocycles. The van der Waals surface area contributed by atoms with E-state index in [4.69, 9.17) is 16.3 Å². The van der Waals surface area contributed by atoms with Crippen LogP contribution in [0.1, 0.15) is 45.6 Å². The van der Waals surface area contributed by atoms with Crippen molar-refractivity contribution in [3.05, 3.63) is 34.9 Å². The fourth-order valence-electron chi connectivity index (χ4n) is 2.89. The Hall–Kier alpha value is -1.31. The van der Waals surface area contributed by atoms with E-state index in [0.717, 1.165) is 19.3 Å². The van der Waals surface area contributed by atoms with Gasteiger partial charge in [0.1, 0.15) is 5.60 Å². The fraction of sp³-hybridized carbons (Fsp3) is 0.611. The minimum Gasteiger partial charge on any atom is -0.444 e. The lowest BCUT2D eigenvalue weighted by Gasteiger charge is -2.36. The molecule has 1 N–H and O–H groups in total. The van der Waals surface area contributed by atoms with Crippen molar-refractivity contribution in [2.24, 2.45) is 0 Å². The predicted molar refractivity (Wildman–Crippen MR) is 103 cm³/mol. The Labute approximate surface area is 160 Å². The monoisotopic (exact) mass is 402 g/mol. The number of benzene rings is 1. The molecule has 1 amide bonds. The first-order valence-electron chi connectivity index (χ1n) is 8.77. The number of nitrogens with zero attached hydrogens (tertiary/aromatic N) is 1. The molecule has 1 atom stereocenters. The minimum atomic E-state index is -3.52. The van der Waals surface area contributed by atoms with Crippen molar-refractivity contribution in [3.63, 3.8) is 0 Å². The molecule has 1 fully saturated rings.